The van der Waals surface area contributed by atoms with Crippen LogP contribution >= 0.6 is 0 Å². The van der Waals surface area contributed by atoms with E-state index < -0.39 is 0 Å². The van der Waals surface area contributed by atoms with E-state index in [0.717, 1.165) is 6.42 Å². The molecule has 0 N–H and O–H groups in total. The average molecular weight is 152 g/mol. The largest absolute Gasteiger partial charge is 0.299 e. The molecule has 1 heteroatoms. The first kappa shape index (κ1) is 7.33. The van der Waals surface area contributed by atoms with E-state index in [9.17, 15) is 4.79 Å². The van der Waals surface area contributed by atoms with Crippen LogP contribution in [-0.4, -0.2) is 5.78 Å². The Morgan fingerprint density at radius 1 is 1.45 bits per heavy atom. The summed E-state index contributed by atoms with van der Waals surface area (Å²) in [6.45, 7) is 6.73. The first-order chi connectivity index (χ1) is 5.03. The number of hydrogen-bond acceptors (Lipinski definition) is 1. The summed E-state index contributed by atoms with van der Waals surface area (Å²) < 4.78 is 0. The molecular weight excluding hydrogens is 136 g/mol. The molecule has 0 unspecified atom stereocenters. The van der Waals surface area contributed by atoms with Crippen molar-refractivity contribution in [2.24, 2.45) is 23.2 Å². The van der Waals surface area contributed by atoms with Gasteiger partial charge in [-0.25, -0.2) is 0 Å². The average Bonchev–Trinajstić information content (AvgIpc) is 1.93. The third-order valence-corrected chi connectivity index (χ3v) is 4.11. The van der Waals surface area contributed by atoms with Crippen LogP contribution in [0.4, 0.5) is 0 Å². The van der Waals surface area contributed by atoms with Gasteiger partial charge in [-0.15, -0.1) is 0 Å². The van der Waals surface area contributed by atoms with Crippen LogP contribution in [0.3, 0.4) is 0 Å². The zero-order valence-electron chi connectivity index (χ0n) is 7.55. The lowest BCUT2D eigenvalue weighted by molar-refractivity contribution is -0.152. The van der Waals surface area contributed by atoms with Crippen LogP contribution < -0.4 is 0 Å². The summed E-state index contributed by atoms with van der Waals surface area (Å²) in [4.78, 5) is 11.3. The van der Waals surface area contributed by atoms with Crippen molar-refractivity contribution < 1.29 is 4.79 Å². The summed E-state index contributed by atoms with van der Waals surface area (Å²) in [7, 11) is 0. The van der Waals surface area contributed by atoms with Crippen LogP contribution in [0, 0.1) is 23.2 Å². The lowest BCUT2D eigenvalue weighted by Crippen LogP contribution is -2.55. The summed E-state index contributed by atoms with van der Waals surface area (Å²) >= 11 is 0. The van der Waals surface area contributed by atoms with Gasteiger partial charge in [0.05, 0.1) is 0 Å². The van der Waals surface area contributed by atoms with Gasteiger partial charge < -0.3 is 0 Å². The molecule has 0 saturated heterocycles. The Morgan fingerprint density at radius 3 is 2.45 bits per heavy atom. The molecule has 1 nitrogen and oxygen atoms in total. The third kappa shape index (κ3) is 0.743. The van der Waals surface area contributed by atoms with Crippen LogP contribution in [0.2, 0.25) is 0 Å². The van der Waals surface area contributed by atoms with E-state index in [2.05, 4.69) is 20.8 Å². The van der Waals surface area contributed by atoms with Crippen LogP contribution in [0.15, 0.2) is 0 Å². The predicted octanol–water partition coefficient (Wildman–Crippen LogP) is 2.26. The fraction of sp³-hybridized carbons (Fsp3) is 0.900. The first-order valence-electron chi connectivity index (χ1n) is 4.56. The number of hydrogen-bond donors (Lipinski definition) is 0. The Kier molecular flexibility index (Phi) is 1.25. The van der Waals surface area contributed by atoms with Crippen LogP contribution in [0.25, 0.3) is 0 Å². The Labute approximate surface area is 68.2 Å². The predicted molar refractivity (Wildman–Crippen MR) is 44.2 cm³/mol. The number of carbonyl (C=O) groups is 1. The van der Waals surface area contributed by atoms with Gasteiger partial charge in [0.25, 0.3) is 0 Å². The van der Waals surface area contributed by atoms with Crippen molar-refractivity contribution in [1.82, 2.24) is 0 Å². The molecule has 0 aromatic carbocycles. The van der Waals surface area contributed by atoms with E-state index in [4.69, 9.17) is 0 Å². The van der Waals surface area contributed by atoms with Gasteiger partial charge in [0.1, 0.15) is 5.78 Å². The van der Waals surface area contributed by atoms with Gasteiger partial charge in [0, 0.05) is 12.3 Å². The molecule has 3 rings (SSSR count). The third-order valence-electron chi connectivity index (χ3n) is 4.11. The van der Waals surface area contributed by atoms with E-state index in [-0.39, 0.29) is 0 Å². The van der Waals surface area contributed by atoms with E-state index in [1.807, 2.05) is 0 Å². The Morgan fingerprint density at radius 2 is 2.09 bits per heavy atom. The summed E-state index contributed by atoms with van der Waals surface area (Å²) in [5.41, 5.74) is 0.466. The lowest BCUT2D eigenvalue weighted by atomic mass is 9.45. The topological polar surface area (TPSA) is 17.1 Å². The second-order valence-electron chi connectivity index (χ2n) is 4.82. The monoisotopic (exact) mass is 152 g/mol. The fourth-order valence-electron chi connectivity index (χ4n) is 2.90. The van der Waals surface area contributed by atoms with E-state index in [1.54, 1.807) is 0 Å². The highest BCUT2D eigenvalue weighted by Gasteiger charge is 2.55. The molecule has 3 aliphatic carbocycles. The molecule has 0 aromatic rings. The molecule has 62 valence electrons. The first-order valence-corrected chi connectivity index (χ1v) is 4.56. The standard InChI is InChI=1S/C10H16O/c1-6-8-4-7(5-9(6)11)10(8,2)3/h6-8H,4-5H2,1-3H3/t6-,7-,8-/m1/s1. The summed E-state index contributed by atoms with van der Waals surface area (Å²) in [6.07, 6.45) is 2.16. The highest BCUT2D eigenvalue weighted by Crippen LogP contribution is 2.59. The van der Waals surface area contributed by atoms with Crippen molar-refractivity contribution in [2.75, 3.05) is 0 Å². The van der Waals surface area contributed by atoms with Gasteiger partial charge in [-0.2, -0.15) is 0 Å². The normalized spacial score (nSPS) is 46.8. The van der Waals surface area contributed by atoms with Crippen LogP contribution in [0.5, 0.6) is 0 Å². The minimum absolute atomic E-state index is 0.343. The van der Waals surface area contributed by atoms with Crippen molar-refractivity contribution in [3.8, 4) is 0 Å². The van der Waals surface area contributed by atoms with E-state index in [1.165, 1.54) is 6.42 Å². The molecule has 3 fully saturated rings. The molecule has 2 bridgehead atoms. The zero-order chi connectivity index (χ0) is 8.22. The Hall–Kier alpha value is -0.330. The number of rotatable bonds is 0. The quantitative estimate of drug-likeness (QED) is 0.520. The number of carbonyl (C=O) groups excluding carboxylic acids is 1. The van der Waals surface area contributed by atoms with Gasteiger partial charge in [-0.05, 0) is 23.7 Å². The van der Waals surface area contributed by atoms with Gasteiger partial charge >= 0.3 is 0 Å². The van der Waals surface area contributed by atoms with Crippen LogP contribution in [-0.2, 0) is 4.79 Å². The molecule has 3 atom stereocenters. The van der Waals surface area contributed by atoms with Crippen molar-refractivity contribution in [1.29, 1.82) is 0 Å². The van der Waals surface area contributed by atoms with Crippen LogP contribution in [0.1, 0.15) is 33.6 Å². The van der Waals surface area contributed by atoms with Crippen molar-refractivity contribution in [2.45, 2.75) is 33.6 Å². The van der Waals surface area contributed by atoms with Crippen molar-refractivity contribution >= 4 is 5.78 Å². The maximum absolute atomic E-state index is 11.3. The molecule has 3 saturated carbocycles. The summed E-state index contributed by atoms with van der Waals surface area (Å²) in [6, 6.07) is 0. The van der Waals surface area contributed by atoms with Gasteiger partial charge in [0.15, 0.2) is 0 Å². The number of ketones is 1. The molecule has 11 heavy (non-hydrogen) atoms. The molecule has 0 aromatic heterocycles. The zero-order valence-corrected chi connectivity index (χ0v) is 7.55. The Balaban J connectivity index is 2.23. The molecule has 3 aliphatic rings. The molecule has 0 heterocycles. The van der Waals surface area contributed by atoms with E-state index >= 15 is 0 Å². The van der Waals surface area contributed by atoms with Gasteiger partial charge in [0.2, 0.25) is 0 Å². The molecular formula is C10H16O. The minimum Gasteiger partial charge on any atom is -0.299 e. The second kappa shape index (κ2) is 1.88. The number of Topliss-reactive ketones (excluding diaryl/α,β-unsaturated/α-hetero) is 1. The second-order valence-corrected chi connectivity index (χ2v) is 4.82. The molecule has 0 amide bonds. The Bertz CT molecular complexity index is 205. The van der Waals surface area contributed by atoms with Gasteiger partial charge in [-0.3, -0.25) is 4.79 Å². The highest BCUT2D eigenvalue weighted by molar-refractivity contribution is 5.83. The molecule has 0 aliphatic heterocycles. The smallest absolute Gasteiger partial charge is 0.136 e. The fourth-order valence-corrected chi connectivity index (χ4v) is 2.90. The minimum atomic E-state index is 0.343. The molecule has 0 spiro atoms. The lowest BCUT2D eigenvalue weighted by Gasteiger charge is -2.58. The molecule has 0 radical (unpaired) electrons. The summed E-state index contributed by atoms with van der Waals surface area (Å²) in [5.74, 6) is 2.24. The van der Waals surface area contributed by atoms with Crippen molar-refractivity contribution in [3.63, 3.8) is 0 Å². The van der Waals surface area contributed by atoms with Gasteiger partial charge in [-0.1, -0.05) is 20.8 Å². The highest BCUT2D eigenvalue weighted by atomic mass is 16.1. The van der Waals surface area contributed by atoms with E-state index in [0.29, 0.717) is 29.0 Å². The summed E-state index contributed by atoms with van der Waals surface area (Å²) in [5, 5.41) is 0. The maximum atomic E-state index is 11.3. The van der Waals surface area contributed by atoms with Crippen molar-refractivity contribution in [3.05, 3.63) is 0 Å². The SMILES string of the molecule is C[C@H]1C(=O)C[C@H]2C[C@H]1C2(C)C. The maximum Gasteiger partial charge on any atom is 0.136 e. The number of fused-ring (bicyclic) bond motifs is 2.